The molecule has 0 aliphatic rings. The van der Waals surface area contributed by atoms with Crippen molar-refractivity contribution in [2.45, 2.75) is 19.3 Å². The van der Waals surface area contributed by atoms with Gasteiger partial charge in [0, 0.05) is 5.33 Å². The number of halogens is 1. The van der Waals surface area contributed by atoms with Crippen LogP contribution in [-0.4, -0.2) is 5.33 Å². The first-order valence-corrected chi connectivity index (χ1v) is 5.07. The summed E-state index contributed by atoms with van der Waals surface area (Å²) in [7, 11) is 0. The average molecular weight is 213 g/mol. The molecule has 0 radical (unpaired) electrons. The zero-order chi connectivity index (χ0) is 8.10. The predicted octanol–water partition coefficient (Wildman–Crippen LogP) is 3.58. The molecule has 1 atom stereocenters. The van der Waals surface area contributed by atoms with E-state index in [2.05, 4.69) is 53.2 Å². The van der Waals surface area contributed by atoms with Crippen molar-refractivity contribution in [1.82, 2.24) is 0 Å². The van der Waals surface area contributed by atoms with Crippen molar-refractivity contribution >= 4 is 15.9 Å². The van der Waals surface area contributed by atoms with Crippen molar-refractivity contribution in [2.75, 3.05) is 5.33 Å². The maximum Gasteiger partial charge on any atom is 0.00370 e. The van der Waals surface area contributed by atoms with E-state index in [1.54, 1.807) is 0 Å². The molecule has 1 rings (SSSR count). The molecule has 0 aromatic heterocycles. The van der Waals surface area contributed by atoms with Crippen LogP contribution in [0.15, 0.2) is 30.3 Å². The summed E-state index contributed by atoms with van der Waals surface area (Å²) in [4.78, 5) is 0. The molecule has 0 amide bonds. The summed E-state index contributed by atoms with van der Waals surface area (Å²) < 4.78 is 0. The molecule has 1 aromatic carbocycles. The Bertz CT molecular complexity index is 193. The van der Waals surface area contributed by atoms with Crippen LogP contribution < -0.4 is 0 Å². The molecule has 0 heterocycles. The molecule has 0 nitrogen and oxygen atoms in total. The summed E-state index contributed by atoms with van der Waals surface area (Å²) in [5, 5.41) is 1.09. The van der Waals surface area contributed by atoms with Crippen molar-refractivity contribution in [2.24, 2.45) is 0 Å². The Morgan fingerprint density at radius 1 is 1.27 bits per heavy atom. The van der Waals surface area contributed by atoms with Gasteiger partial charge in [0.15, 0.2) is 0 Å². The molecule has 0 N–H and O–H groups in total. The predicted molar refractivity (Wildman–Crippen MR) is 53.3 cm³/mol. The van der Waals surface area contributed by atoms with Crippen molar-refractivity contribution < 1.29 is 0 Å². The topological polar surface area (TPSA) is 0 Å². The van der Waals surface area contributed by atoms with Gasteiger partial charge in [-0.2, -0.15) is 0 Å². The molecule has 1 aromatic rings. The Morgan fingerprint density at radius 2 is 1.91 bits per heavy atom. The lowest BCUT2D eigenvalue weighted by Crippen LogP contribution is -1.92. The molecule has 11 heavy (non-hydrogen) atoms. The van der Waals surface area contributed by atoms with Crippen LogP contribution in [0.3, 0.4) is 0 Å². The first-order chi connectivity index (χ1) is 5.34. The van der Waals surface area contributed by atoms with Crippen molar-refractivity contribution in [3.8, 4) is 0 Å². The highest BCUT2D eigenvalue weighted by atomic mass is 79.9. The van der Waals surface area contributed by atoms with Gasteiger partial charge < -0.3 is 0 Å². The van der Waals surface area contributed by atoms with E-state index in [4.69, 9.17) is 0 Å². The van der Waals surface area contributed by atoms with E-state index < -0.39 is 0 Å². The molecule has 0 aliphatic carbocycles. The van der Waals surface area contributed by atoms with Crippen LogP contribution in [-0.2, 0) is 0 Å². The number of hydrogen-bond donors (Lipinski definition) is 0. The van der Waals surface area contributed by atoms with E-state index in [0.717, 1.165) is 5.33 Å². The fraction of sp³-hybridized carbons (Fsp3) is 0.400. The largest absolute Gasteiger partial charge is 0.0928 e. The van der Waals surface area contributed by atoms with E-state index in [0.29, 0.717) is 5.92 Å². The van der Waals surface area contributed by atoms with Gasteiger partial charge in [-0.05, 0) is 17.9 Å². The molecule has 0 bridgehead atoms. The van der Waals surface area contributed by atoms with Crippen LogP contribution in [0.2, 0.25) is 0 Å². The van der Waals surface area contributed by atoms with Crippen molar-refractivity contribution in [3.05, 3.63) is 35.9 Å². The maximum absolute atomic E-state index is 3.45. The van der Waals surface area contributed by atoms with Gasteiger partial charge in [-0.1, -0.05) is 53.2 Å². The minimum absolute atomic E-state index is 0.676. The third kappa shape index (κ3) is 2.66. The summed E-state index contributed by atoms with van der Waals surface area (Å²) in [6, 6.07) is 10.6. The fourth-order valence-corrected chi connectivity index (χ4v) is 1.80. The molecular formula is C10H13Br. The normalized spacial score (nSPS) is 12.9. The summed E-state index contributed by atoms with van der Waals surface area (Å²) in [6.07, 6.45) is 1.21. The van der Waals surface area contributed by atoms with E-state index in [1.165, 1.54) is 12.0 Å². The van der Waals surface area contributed by atoms with E-state index in [-0.39, 0.29) is 0 Å². The lowest BCUT2D eigenvalue weighted by molar-refractivity contribution is 0.744. The van der Waals surface area contributed by atoms with Crippen LogP contribution in [0, 0.1) is 0 Å². The molecule has 0 aliphatic heterocycles. The van der Waals surface area contributed by atoms with Gasteiger partial charge in [-0.3, -0.25) is 0 Å². The summed E-state index contributed by atoms with van der Waals surface area (Å²) >= 11 is 3.45. The number of alkyl halides is 1. The molecular weight excluding hydrogens is 200 g/mol. The summed E-state index contributed by atoms with van der Waals surface area (Å²) in [5.41, 5.74) is 1.44. The minimum Gasteiger partial charge on any atom is -0.0928 e. The Kier molecular flexibility index (Phi) is 3.64. The highest BCUT2D eigenvalue weighted by molar-refractivity contribution is 9.09. The Balaban J connectivity index is 2.61. The van der Waals surface area contributed by atoms with Crippen molar-refractivity contribution in [1.29, 1.82) is 0 Å². The molecule has 1 heteroatoms. The van der Waals surface area contributed by atoms with Crippen LogP contribution in [0.1, 0.15) is 24.8 Å². The van der Waals surface area contributed by atoms with Crippen LogP contribution in [0.4, 0.5) is 0 Å². The number of benzene rings is 1. The zero-order valence-corrected chi connectivity index (χ0v) is 8.34. The number of hydrogen-bond acceptors (Lipinski definition) is 0. The third-order valence-electron chi connectivity index (χ3n) is 1.91. The van der Waals surface area contributed by atoms with E-state index >= 15 is 0 Å². The van der Waals surface area contributed by atoms with Gasteiger partial charge in [0.05, 0.1) is 0 Å². The third-order valence-corrected chi connectivity index (χ3v) is 2.37. The van der Waals surface area contributed by atoms with Gasteiger partial charge in [-0.15, -0.1) is 0 Å². The second-order valence-electron chi connectivity index (χ2n) is 2.79. The molecule has 0 saturated carbocycles. The highest BCUT2D eigenvalue weighted by Gasteiger charge is 2.01. The van der Waals surface area contributed by atoms with Gasteiger partial charge in [0.25, 0.3) is 0 Å². The van der Waals surface area contributed by atoms with Gasteiger partial charge in [0.2, 0.25) is 0 Å². The van der Waals surface area contributed by atoms with Gasteiger partial charge in [-0.25, -0.2) is 0 Å². The lowest BCUT2D eigenvalue weighted by atomic mass is 9.99. The van der Waals surface area contributed by atoms with E-state index in [9.17, 15) is 0 Å². The smallest absolute Gasteiger partial charge is 0.00370 e. The fourth-order valence-electron chi connectivity index (χ4n) is 1.11. The minimum atomic E-state index is 0.676. The maximum atomic E-state index is 3.45. The Labute approximate surface area is 76.8 Å². The Hall–Kier alpha value is -0.300. The van der Waals surface area contributed by atoms with Gasteiger partial charge in [0.1, 0.15) is 0 Å². The molecule has 0 fully saturated rings. The standard InChI is InChI=1S/C10H13Br/c1-9(7-8-11)10-5-3-2-4-6-10/h2-6,9H,7-8H2,1H3/t9-/m0/s1. The second kappa shape index (κ2) is 4.55. The van der Waals surface area contributed by atoms with Crippen LogP contribution in [0.25, 0.3) is 0 Å². The molecule has 0 spiro atoms. The first kappa shape index (κ1) is 8.79. The average Bonchev–Trinajstić information content (AvgIpc) is 2.07. The SMILES string of the molecule is C[C@@H](CCBr)c1ccccc1. The summed E-state index contributed by atoms with van der Waals surface area (Å²) in [5.74, 6) is 0.676. The molecule has 0 unspecified atom stereocenters. The monoisotopic (exact) mass is 212 g/mol. The molecule has 0 saturated heterocycles. The zero-order valence-electron chi connectivity index (χ0n) is 6.76. The highest BCUT2D eigenvalue weighted by Crippen LogP contribution is 2.18. The Morgan fingerprint density at radius 3 is 2.45 bits per heavy atom. The van der Waals surface area contributed by atoms with Gasteiger partial charge >= 0.3 is 0 Å². The lowest BCUT2D eigenvalue weighted by Gasteiger charge is -2.08. The summed E-state index contributed by atoms with van der Waals surface area (Å²) in [6.45, 7) is 2.26. The van der Waals surface area contributed by atoms with Crippen LogP contribution in [0.5, 0.6) is 0 Å². The van der Waals surface area contributed by atoms with Crippen molar-refractivity contribution in [3.63, 3.8) is 0 Å². The van der Waals surface area contributed by atoms with Crippen LogP contribution >= 0.6 is 15.9 Å². The molecule has 60 valence electrons. The quantitative estimate of drug-likeness (QED) is 0.673. The van der Waals surface area contributed by atoms with E-state index in [1.807, 2.05) is 0 Å². The first-order valence-electron chi connectivity index (χ1n) is 3.95. The number of rotatable bonds is 3. The second-order valence-corrected chi connectivity index (χ2v) is 3.58.